The van der Waals surface area contributed by atoms with E-state index in [0.29, 0.717) is 5.56 Å². The van der Waals surface area contributed by atoms with Gasteiger partial charge in [0.1, 0.15) is 0 Å². The van der Waals surface area contributed by atoms with Crippen molar-refractivity contribution in [1.82, 2.24) is 0 Å². The molecule has 0 atom stereocenters. The molecule has 0 aromatic heterocycles. The summed E-state index contributed by atoms with van der Waals surface area (Å²) in [6.07, 6.45) is -0.168. The summed E-state index contributed by atoms with van der Waals surface area (Å²) in [5.74, 6) is -1.00. The van der Waals surface area contributed by atoms with E-state index in [1.54, 1.807) is 24.3 Å². The van der Waals surface area contributed by atoms with Crippen molar-refractivity contribution in [2.75, 3.05) is 0 Å². The number of carbonyl (C=O) groups excluding carboxylic acids is 3. The van der Waals surface area contributed by atoms with Gasteiger partial charge in [-0.05, 0) is 6.92 Å². The number of rotatable bonds is 4. The molecule has 72 valence electrons. The van der Waals surface area contributed by atoms with Gasteiger partial charge in [0.15, 0.2) is 12.1 Å². The lowest BCUT2D eigenvalue weighted by Crippen LogP contribution is -2.08. The fourth-order valence-corrected chi connectivity index (χ4v) is 1.04. The highest BCUT2D eigenvalue weighted by Crippen LogP contribution is 2.05. The molecule has 3 heteroatoms. The predicted molar refractivity (Wildman–Crippen MR) is 51.2 cm³/mol. The maximum Gasteiger partial charge on any atom is 0.202 e. The Morgan fingerprint density at radius 3 is 2.29 bits per heavy atom. The summed E-state index contributed by atoms with van der Waals surface area (Å²) in [7, 11) is 0. The van der Waals surface area contributed by atoms with Crippen molar-refractivity contribution in [1.29, 1.82) is 0 Å². The number of Topliss-reactive ketones (excluding diaryl/α,β-unsaturated/α-hetero) is 2. The molecule has 1 aromatic rings. The van der Waals surface area contributed by atoms with Gasteiger partial charge < -0.3 is 0 Å². The van der Waals surface area contributed by atoms with E-state index in [0.717, 1.165) is 5.56 Å². The van der Waals surface area contributed by atoms with E-state index in [1.165, 1.54) is 0 Å². The Kier molecular flexibility index (Phi) is 3.29. The van der Waals surface area contributed by atoms with Gasteiger partial charge >= 0.3 is 0 Å². The third-order valence-electron chi connectivity index (χ3n) is 1.84. The molecule has 3 nitrogen and oxygen atoms in total. The molecule has 0 heterocycles. The number of ketones is 2. The molecule has 1 rings (SSSR count). The standard InChI is InChI=1S/C11H10O3/c1-8-2-4-9(5-3-8)11(14)6-10(13)7-12/h2-5,7H,6H2,1H3. The summed E-state index contributed by atoms with van der Waals surface area (Å²) in [4.78, 5) is 32.0. The SMILES string of the molecule is Cc1ccc(C(=O)CC(=O)C=O)cc1. The number of hydrogen-bond acceptors (Lipinski definition) is 3. The second kappa shape index (κ2) is 4.46. The molecule has 14 heavy (non-hydrogen) atoms. The van der Waals surface area contributed by atoms with Crippen LogP contribution in [-0.4, -0.2) is 17.9 Å². The minimum atomic E-state index is -0.685. The zero-order chi connectivity index (χ0) is 10.6. The molecule has 0 N–H and O–H groups in total. The molecule has 0 unspecified atom stereocenters. The Balaban J connectivity index is 2.75. The first-order chi connectivity index (χ1) is 6.63. The van der Waals surface area contributed by atoms with Crippen LogP contribution >= 0.6 is 0 Å². The third-order valence-corrected chi connectivity index (χ3v) is 1.84. The van der Waals surface area contributed by atoms with Crippen LogP contribution in [0.1, 0.15) is 22.3 Å². The van der Waals surface area contributed by atoms with Gasteiger partial charge in [0, 0.05) is 5.56 Å². The van der Waals surface area contributed by atoms with E-state index >= 15 is 0 Å². The summed E-state index contributed by atoms with van der Waals surface area (Å²) < 4.78 is 0. The van der Waals surface area contributed by atoms with Gasteiger partial charge in [-0.1, -0.05) is 29.8 Å². The Morgan fingerprint density at radius 2 is 1.79 bits per heavy atom. The van der Waals surface area contributed by atoms with E-state index in [-0.39, 0.29) is 18.5 Å². The molecule has 0 aliphatic rings. The van der Waals surface area contributed by atoms with E-state index < -0.39 is 5.78 Å². The van der Waals surface area contributed by atoms with Gasteiger partial charge in [-0.25, -0.2) is 0 Å². The van der Waals surface area contributed by atoms with E-state index in [2.05, 4.69) is 0 Å². The van der Waals surface area contributed by atoms with Crippen LogP contribution < -0.4 is 0 Å². The average molecular weight is 190 g/mol. The highest BCUT2D eigenvalue weighted by molar-refractivity contribution is 6.31. The molecular weight excluding hydrogens is 180 g/mol. The molecule has 0 saturated carbocycles. The lowest BCUT2D eigenvalue weighted by Gasteiger charge is -1.98. The predicted octanol–water partition coefficient (Wildman–Crippen LogP) is 1.34. The highest BCUT2D eigenvalue weighted by Gasteiger charge is 2.10. The van der Waals surface area contributed by atoms with Gasteiger partial charge in [0.2, 0.25) is 5.78 Å². The smallest absolute Gasteiger partial charge is 0.202 e. The van der Waals surface area contributed by atoms with Gasteiger partial charge in [0.25, 0.3) is 0 Å². The van der Waals surface area contributed by atoms with Crippen molar-refractivity contribution in [3.8, 4) is 0 Å². The number of aldehydes is 1. The quantitative estimate of drug-likeness (QED) is 0.311. The van der Waals surface area contributed by atoms with E-state index in [9.17, 15) is 14.4 Å². The Labute approximate surface area is 81.7 Å². The maximum absolute atomic E-state index is 11.3. The van der Waals surface area contributed by atoms with Crippen LogP contribution in [0.5, 0.6) is 0 Å². The molecule has 0 saturated heterocycles. The van der Waals surface area contributed by atoms with Crippen molar-refractivity contribution in [3.05, 3.63) is 35.4 Å². The van der Waals surface area contributed by atoms with Crippen LogP contribution in [-0.2, 0) is 9.59 Å². The van der Waals surface area contributed by atoms with Crippen LogP contribution in [0, 0.1) is 6.92 Å². The minimum Gasteiger partial charge on any atom is -0.295 e. The van der Waals surface area contributed by atoms with Gasteiger partial charge in [-0.2, -0.15) is 0 Å². The molecule has 0 radical (unpaired) electrons. The molecule has 0 bridgehead atoms. The van der Waals surface area contributed by atoms with Gasteiger partial charge in [-0.3, -0.25) is 14.4 Å². The molecule has 1 aromatic carbocycles. The summed E-state index contributed by atoms with van der Waals surface area (Å²) in [6, 6.07) is 6.88. The largest absolute Gasteiger partial charge is 0.295 e. The monoisotopic (exact) mass is 190 g/mol. The van der Waals surface area contributed by atoms with E-state index in [4.69, 9.17) is 0 Å². The first-order valence-electron chi connectivity index (χ1n) is 4.21. The maximum atomic E-state index is 11.3. The second-order valence-corrected chi connectivity index (χ2v) is 3.05. The van der Waals surface area contributed by atoms with Crippen molar-refractivity contribution < 1.29 is 14.4 Å². The average Bonchev–Trinajstić information content (AvgIpc) is 2.18. The molecule has 0 amide bonds. The van der Waals surface area contributed by atoms with Crippen molar-refractivity contribution in [2.45, 2.75) is 13.3 Å². The summed E-state index contributed by atoms with van der Waals surface area (Å²) in [5.41, 5.74) is 1.51. The van der Waals surface area contributed by atoms with E-state index in [1.807, 2.05) is 6.92 Å². The fourth-order valence-electron chi connectivity index (χ4n) is 1.04. The normalized spacial score (nSPS) is 9.50. The van der Waals surface area contributed by atoms with Gasteiger partial charge in [-0.15, -0.1) is 0 Å². The number of carbonyl (C=O) groups is 3. The Morgan fingerprint density at radius 1 is 1.21 bits per heavy atom. The summed E-state index contributed by atoms with van der Waals surface area (Å²) in [5, 5.41) is 0. The number of aryl methyl sites for hydroxylation is 1. The van der Waals surface area contributed by atoms with Crippen LogP contribution in [0.15, 0.2) is 24.3 Å². The van der Waals surface area contributed by atoms with Gasteiger partial charge in [0.05, 0.1) is 6.42 Å². The topological polar surface area (TPSA) is 51.2 Å². The Hall–Kier alpha value is -1.77. The lowest BCUT2D eigenvalue weighted by molar-refractivity contribution is -0.129. The van der Waals surface area contributed by atoms with Crippen LogP contribution in [0.4, 0.5) is 0 Å². The van der Waals surface area contributed by atoms with Crippen molar-refractivity contribution in [2.24, 2.45) is 0 Å². The zero-order valence-corrected chi connectivity index (χ0v) is 7.82. The number of hydrogen-bond donors (Lipinski definition) is 0. The first-order valence-corrected chi connectivity index (χ1v) is 4.21. The van der Waals surface area contributed by atoms with Crippen LogP contribution in [0.2, 0.25) is 0 Å². The molecule has 0 fully saturated rings. The first kappa shape index (κ1) is 10.3. The molecule has 0 aliphatic heterocycles. The van der Waals surface area contributed by atoms with Crippen LogP contribution in [0.3, 0.4) is 0 Å². The van der Waals surface area contributed by atoms with Crippen LogP contribution in [0.25, 0.3) is 0 Å². The molecule has 0 spiro atoms. The Bertz CT molecular complexity index is 363. The highest BCUT2D eigenvalue weighted by atomic mass is 16.2. The third kappa shape index (κ3) is 2.62. The fraction of sp³-hybridized carbons (Fsp3) is 0.182. The molecular formula is C11H10O3. The summed E-state index contributed by atoms with van der Waals surface area (Å²) >= 11 is 0. The summed E-state index contributed by atoms with van der Waals surface area (Å²) in [6.45, 7) is 1.91. The van der Waals surface area contributed by atoms with Crippen molar-refractivity contribution >= 4 is 17.9 Å². The second-order valence-electron chi connectivity index (χ2n) is 3.05. The minimum absolute atomic E-state index is 0.173. The number of benzene rings is 1. The molecule has 0 aliphatic carbocycles. The van der Waals surface area contributed by atoms with Crippen molar-refractivity contribution in [3.63, 3.8) is 0 Å². The lowest BCUT2D eigenvalue weighted by atomic mass is 10.1. The zero-order valence-electron chi connectivity index (χ0n) is 7.82.